The summed E-state index contributed by atoms with van der Waals surface area (Å²) in [6, 6.07) is 8.68. The van der Waals surface area contributed by atoms with Gasteiger partial charge in [-0.1, -0.05) is 24.3 Å². The molecule has 3 rings (SSSR count). The molecule has 5 heteroatoms. The molecule has 110 valence electrons. The quantitative estimate of drug-likeness (QED) is 0.884. The molecule has 2 aliphatic rings. The Kier molecular flexibility index (Phi) is 4.10. The van der Waals surface area contributed by atoms with E-state index in [0.29, 0.717) is 12.3 Å². The largest absolute Gasteiger partial charge is 0.313 e. The highest BCUT2D eigenvalue weighted by molar-refractivity contribution is 7.92. The number of nitrogens with one attached hydrogen (secondary N) is 2. The lowest BCUT2D eigenvalue weighted by atomic mass is 9.99. The molecule has 0 saturated carbocycles. The van der Waals surface area contributed by atoms with Gasteiger partial charge in [-0.2, -0.15) is 0 Å². The Morgan fingerprint density at radius 1 is 1.25 bits per heavy atom. The summed E-state index contributed by atoms with van der Waals surface area (Å²) < 4.78 is 23.8. The minimum atomic E-state index is -2.85. The van der Waals surface area contributed by atoms with Crippen molar-refractivity contribution in [2.75, 3.05) is 18.8 Å². The van der Waals surface area contributed by atoms with Gasteiger partial charge in [-0.05, 0) is 36.9 Å². The molecule has 1 aromatic carbocycles. The number of hydrogen-bond acceptors (Lipinski definition) is 4. The van der Waals surface area contributed by atoms with Crippen molar-refractivity contribution in [3.05, 3.63) is 35.4 Å². The van der Waals surface area contributed by atoms with E-state index in [1.54, 1.807) is 0 Å². The number of rotatable bonds is 3. The molecule has 0 spiro atoms. The molecule has 0 aromatic heterocycles. The molecule has 20 heavy (non-hydrogen) atoms. The predicted molar refractivity (Wildman–Crippen MR) is 80.3 cm³/mol. The van der Waals surface area contributed by atoms with Gasteiger partial charge in [-0.25, -0.2) is 8.42 Å². The summed E-state index contributed by atoms with van der Waals surface area (Å²) in [6.45, 7) is 2.45. The third-order valence-corrected chi connectivity index (χ3v) is 6.69. The van der Waals surface area contributed by atoms with Gasteiger partial charge in [0.1, 0.15) is 0 Å². The Morgan fingerprint density at radius 3 is 2.90 bits per heavy atom. The van der Waals surface area contributed by atoms with Crippen LogP contribution in [0.2, 0.25) is 0 Å². The van der Waals surface area contributed by atoms with E-state index in [2.05, 4.69) is 34.9 Å². The monoisotopic (exact) mass is 294 g/mol. The summed E-state index contributed by atoms with van der Waals surface area (Å²) in [5, 5.41) is 6.73. The number of fused-ring (bicyclic) bond motifs is 1. The molecule has 2 N–H and O–H groups in total. The zero-order valence-corrected chi connectivity index (χ0v) is 12.5. The lowest BCUT2D eigenvalue weighted by Gasteiger charge is -2.21. The first kappa shape index (κ1) is 14.0. The maximum atomic E-state index is 11.9. The van der Waals surface area contributed by atoms with Gasteiger partial charge >= 0.3 is 0 Å². The van der Waals surface area contributed by atoms with Crippen LogP contribution in [0.25, 0.3) is 0 Å². The van der Waals surface area contributed by atoms with Gasteiger partial charge in [0.05, 0.1) is 11.0 Å². The first-order chi connectivity index (χ1) is 9.67. The zero-order chi connectivity index (χ0) is 14.0. The van der Waals surface area contributed by atoms with E-state index >= 15 is 0 Å². The molecule has 2 unspecified atom stereocenters. The van der Waals surface area contributed by atoms with E-state index < -0.39 is 9.84 Å². The second-order valence-electron chi connectivity index (χ2n) is 5.76. The van der Waals surface area contributed by atoms with Crippen molar-refractivity contribution in [1.29, 1.82) is 0 Å². The highest BCUT2D eigenvalue weighted by atomic mass is 32.2. The van der Waals surface area contributed by atoms with Gasteiger partial charge < -0.3 is 10.6 Å². The smallest absolute Gasteiger partial charge is 0.154 e. The van der Waals surface area contributed by atoms with E-state index in [1.807, 2.05) is 0 Å². The fourth-order valence-electron chi connectivity index (χ4n) is 3.23. The van der Waals surface area contributed by atoms with E-state index in [1.165, 1.54) is 11.1 Å². The molecule has 4 nitrogen and oxygen atoms in total. The second kappa shape index (κ2) is 5.84. The summed E-state index contributed by atoms with van der Waals surface area (Å²) in [7, 11) is -2.85. The number of hydrogen-bond donors (Lipinski definition) is 2. The summed E-state index contributed by atoms with van der Waals surface area (Å²) in [4.78, 5) is 0. The molecule has 1 fully saturated rings. The Bertz CT molecular complexity index is 571. The minimum Gasteiger partial charge on any atom is -0.313 e. The SMILES string of the molecule is O=S1(=O)CCCC1CNC1CCNCc2ccccc21. The third-order valence-electron chi connectivity index (χ3n) is 4.41. The van der Waals surface area contributed by atoms with Crippen molar-refractivity contribution in [1.82, 2.24) is 10.6 Å². The molecule has 0 amide bonds. The standard InChI is InChI=1S/C15H22N2O2S/c18-20(19)9-3-5-13(20)11-17-15-7-8-16-10-12-4-1-2-6-14(12)15/h1-2,4,6,13,15-17H,3,5,7-11H2. The maximum Gasteiger partial charge on any atom is 0.154 e. The Balaban J connectivity index is 1.71. The average molecular weight is 294 g/mol. The third kappa shape index (κ3) is 2.90. The van der Waals surface area contributed by atoms with Gasteiger partial charge in [-0.3, -0.25) is 0 Å². The predicted octanol–water partition coefficient (Wildman–Crippen LogP) is 1.39. The molecule has 2 aliphatic heterocycles. The summed E-state index contributed by atoms with van der Waals surface area (Å²) in [6.07, 6.45) is 2.63. The normalized spacial score (nSPS) is 28.8. The highest BCUT2D eigenvalue weighted by Gasteiger charge is 2.31. The number of benzene rings is 1. The van der Waals surface area contributed by atoms with Crippen LogP contribution in [0.5, 0.6) is 0 Å². The van der Waals surface area contributed by atoms with Crippen LogP contribution in [-0.4, -0.2) is 32.5 Å². The van der Waals surface area contributed by atoms with Crippen LogP contribution in [0.15, 0.2) is 24.3 Å². The molecule has 1 aromatic rings. The Morgan fingerprint density at radius 2 is 2.10 bits per heavy atom. The molecular formula is C15H22N2O2S. The van der Waals surface area contributed by atoms with Gasteiger partial charge in [-0.15, -0.1) is 0 Å². The van der Waals surface area contributed by atoms with Gasteiger partial charge in [0.25, 0.3) is 0 Å². The lowest BCUT2D eigenvalue weighted by Crippen LogP contribution is -2.33. The fourth-order valence-corrected chi connectivity index (χ4v) is 5.01. The van der Waals surface area contributed by atoms with Crippen LogP contribution in [0, 0.1) is 0 Å². The first-order valence-corrected chi connectivity index (χ1v) is 9.12. The molecule has 2 atom stereocenters. The lowest BCUT2D eigenvalue weighted by molar-refractivity contribution is 0.485. The van der Waals surface area contributed by atoms with E-state index in [0.717, 1.165) is 32.4 Å². The molecular weight excluding hydrogens is 272 g/mol. The second-order valence-corrected chi connectivity index (χ2v) is 8.16. The zero-order valence-electron chi connectivity index (χ0n) is 11.6. The summed E-state index contributed by atoms with van der Waals surface area (Å²) >= 11 is 0. The first-order valence-electron chi connectivity index (χ1n) is 7.40. The topological polar surface area (TPSA) is 58.2 Å². The van der Waals surface area contributed by atoms with Crippen LogP contribution in [0.1, 0.15) is 36.4 Å². The van der Waals surface area contributed by atoms with Gasteiger partial charge in [0.15, 0.2) is 9.84 Å². The van der Waals surface area contributed by atoms with E-state index in [9.17, 15) is 8.42 Å². The Hall–Kier alpha value is -0.910. The summed E-state index contributed by atoms with van der Waals surface area (Å²) in [5.41, 5.74) is 2.63. The number of sulfone groups is 1. The van der Waals surface area contributed by atoms with Crippen LogP contribution in [0.4, 0.5) is 0 Å². The van der Waals surface area contributed by atoms with Crippen LogP contribution in [-0.2, 0) is 16.4 Å². The van der Waals surface area contributed by atoms with Crippen molar-refractivity contribution in [2.24, 2.45) is 0 Å². The average Bonchev–Trinajstić information content (AvgIpc) is 2.66. The van der Waals surface area contributed by atoms with Crippen molar-refractivity contribution in [2.45, 2.75) is 37.1 Å². The summed E-state index contributed by atoms with van der Waals surface area (Å²) in [5.74, 6) is 0.363. The van der Waals surface area contributed by atoms with Crippen molar-refractivity contribution in [3.63, 3.8) is 0 Å². The van der Waals surface area contributed by atoms with E-state index in [-0.39, 0.29) is 11.3 Å². The minimum absolute atomic E-state index is 0.189. The Labute approximate surface area is 120 Å². The molecule has 0 aliphatic carbocycles. The van der Waals surface area contributed by atoms with Crippen LogP contribution < -0.4 is 10.6 Å². The van der Waals surface area contributed by atoms with Crippen LogP contribution in [0.3, 0.4) is 0 Å². The van der Waals surface area contributed by atoms with Gasteiger partial charge in [0.2, 0.25) is 0 Å². The highest BCUT2D eigenvalue weighted by Crippen LogP contribution is 2.25. The van der Waals surface area contributed by atoms with Gasteiger partial charge in [0, 0.05) is 19.1 Å². The maximum absolute atomic E-state index is 11.9. The molecule has 1 saturated heterocycles. The molecule has 0 radical (unpaired) electrons. The van der Waals surface area contributed by atoms with Crippen molar-refractivity contribution >= 4 is 9.84 Å². The fraction of sp³-hybridized carbons (Fsp3) is 0.600. The van der Waals surface area contributed by atoms with Crippen LogP contribution >= 0.6 is 0 Å². The molecule has 0 bridgehead atoms. The molecule has 2 heterocycles. The van der Waals surface area contributed by atoms with E-state index in [4.69, 9.17) is 0 Å². The van der Waals surface area contributed by atoms with Crippen molar-refractivity contribution in [3.8, 4) is 0 Å². The van der Waals surface area contributed by atoms with Crippen molar-refractivity contribution < 1.29 is 8.42 Å².